The van der Waals surface area contributed by atoms with Gasteiger partial charge in [0, 0.05) is 23.4 Å². The van der Waals surface area contributed by atoms with Gasteiger partial charge >= 0.3 is 0 Å². The van der Waals surface area contributed by atoms with Crippen LogP contribution in [-0.4, -0.2) is 21.9 Å². The van der Waals surface area contributed by atoms with Crippen molar-refractivity contribution in [2.45, 2.75) is 25.1 Å². The Morgan fingerprint density at radius 2 is 2.28 bits per heavy atom. The van der Waals surface area contributed by atoms with Crippen LogP contribution in [0.25, 0.3) is 11.0 Å². The Morgan fingerprint density at radius 3 is 3.06 bits per heavy atom. The molecule has 0 spiro atoms. The van der Waals surface area contributed by atoms with Crippen LogP contribution in [0, 0.1) is 0 Å². The predicted molar refractivity (Wildman–Crippen MR) is 80.3 cm³/mol. The zero-order valence-electron chi connectivity index (χ0n) is 10.2. The zero-order chi connectivity index (χ0) is 13.0. The first-order valence-electron chi connectivity index (χ1n) is 5.99. The Bertz CT molecular complexity index is 533. The van der Waals surface area contributed by atoms with E-state index in [9.17, 15) is 0 Å². The molecule has 2 rings (SSSR count). The number of alkyl halides is 1. The van der Waals surface area contributed by atoms with Gasteiger partial charge < -0.3 is 5.32 Å². The minimum absolute atomic E-state index is 0.147. The lowest BCUT2D eigenvalue weighted by molar-refractivity contribution is 0.752. The van der Waals surface area contributed by atoms with E-state index >= 15 is 0 Å². The van der Waals surface area contributed by atoms with E-state index in [1.807, 2.05) is 12.1 Å². The van der Waals surface area contributed by atoms with Gasteiger partial charge in [-0.15, -0.1) is 11.6 Å². The molecule has 1 atom stereocenters. The van der Waals surface area contributed by atoms with E-state index in [-0.39, 0.29) is 5.38 Å². The van der Waals surface area contributed by atoms with E-state index in [0.29, 0.717) is 0 Å². The van der Waals surface area contributed by atoms with Gasteiger partial charge in [-0.3, -0.25) is 9.97 Å². The lowest BCUT2D eigenvalue weighted by Gasteiger charge is -2.12. The highest BCUT2D eigenvalue weighted by Gasteiger charge is 2.06. The van der Waals surface area contributed by atoms with Crippen LogP contribution in [0.1, 0.15) is 19.8 Å². The summed E-state index contributed by atoms with van der Waals surface area (Å²) in [6.07, 6.45) is 5.66. The first kappa shape index (κ1) is 13.6. The minimum Gasteiger partial charge on any atom is -0.382 e. The van der Waals surface area contributed by atoms with Crippen molar-refractivity contribution in [3.63, 3.8) is 0 Å². The highest BCUT2D eigenvalue weighted by molar-refractivity contribution is 9.10. The molecule has 0 radical (unpaired) electrons. The van der Waals surface area contributed by atoms with E-state index in [4.69, 9.17) is 11.6 Å². The van der Waals surface area contributed by atoms with E-state index in [0.717, 1.165) is 40.6 Å². The largest absolute Gasteiger partial charge is 0.382 e. The van der Waals surface area contributed by atoms with E-state index < -0.39 is 0 Å². The molecule has 3 nitrogen and oxygen atoms in total. The summed E-state index contributed by atoms with van der Waals surface area (Å²) in [6.45, 7) is 2.88. The summed E-state index contributed by atoms with van der Waals surface area (Å²) < 4.78 is 0.931. The van der Waals surface area contributed by atoms with Crippen LogP contribution in [0.15, 0.2) is 29.0 Å². The van der Waals surface area contributed by atoms with Crippen LogP contribution >= 0.6 is 27.5 Å². The third kappa shape index (κ3) is 3.33. The van der Waals surface area contributed by atoms with Gasteiger partial charge in [0.1, 0.15) is 5.52 Å². The van der Waals surface area contributed by atoms with Crippen molar-refractivity contribution in [1.82, 2.24) is 9.97 Å². The Hall–Kier alpha value is -0.870. The molecule has 0 fully saturated rings. The molecule has 0 aliphatic carbocycles. The number of nitrogens with zero attached hydrogens (tertiary/aromatic N) is 2. The van der Waals surface area contributed by atoms with Crippen molar-refractivity contribution < 1.29 is 0 Å². The number of aromatic nitrogens is 2. The number of halogens is 2. The molecule has 0 aromatic carbocycles. The molecule has 5 heteroatoms. The highest BCUT2D eigenvalue weighted by Crippen LogP contribution is 2.22. The normalized spacial score (nSPS) is 12.6. The molecule has 2 heterocycles. The summed E-state index contributed by atoms with van der Waals surface area (Å²) in [5.74, 6) is 0. The van der Waals surface area contributed by atoms with Crippen molar-refractivity contribution in [2.75, 3.05) is 11.9 Å². The molecule has 2 aromatic heterocycles. The number of pyridine rings is 2. The maximum atomic E-state index is 6.20. The summed E-state index contributed by atoms with van der Waals surface area (Å²) in [5.41, 5.74) is 2.73. The molecule has 0 saturated heterocycles. The fourth-order valence-electron chi connectivity index (χ4n) is 1.78. The molecule has 2 aromatic rings. The fraction of sp³-hybridized carbons (Fsp3) is 0.385. The van der Waals surface area contributed by atoms with E-state index in [1.54, 1.807) is 12.4 Å². The monoisotopic (exact) mass is 327 g/mol. The Balaban J connectivity index is 2.18. The van der Waals surface area contributed by atoms with Crippen LogP contribution in [-0.2, 0) is 0 Å². The van der Waals surface area contributed by atoms with Crippen molar-refractivity contribution in [2.24, 2.45) is 0 Å². The van der Waals surface area contributed by atoms with E-state index in [1.165, 1.54) is 0 Å². The van der Waals surface area contributed by atoms with Crippen molar-refractivity contribution in [3.8, 4) is 0 Å². The Kier molecular flexibility index (Phi) is 4.78. The third-order valence-electron chi connectivity index (χ3n) is 2.66. The summed E-state index contributed by atoms with van der Waals surface area (Å²) in [5, 5.41) is 3.49. The number of fused-ring (bicyclic) bond motifs is 1. The van der Waals surface area contributed by atoms with Gasteiger partial charge in [-0.2, -0.15) is 0 Å². The molecule has 0 aliphatic rings. The first-order valence-corrected chi connectivity index (χ1v) is 7.22. The van der Waals surface area contributed by atoms with Gasteiger partial charge in [-0.25, -0.2) is 0 Å². The SMILES string of the molecule is CCCC(Cl)CNc1ccnc2cc(Br)cnc12. The highest BCUT2D eigenvalue weighted by atomic mass is 79.9. The number of nitrogens with one attached hydrogen (secondary N) is 1. The molecular formula is C13H15BrClN3. The molecule has 96 valence electrons. The zero-order valence-corrected chi connectivity index (χ0v) is 12.5. The molecule has 0 amide bonds. The summed E-state index contributed by atoms with van der Waals surface area (Å²) in [7, 11) is 0. The van der Waals surface area contributed by atoms with Crippen molar-refractivity contribution in [3.05, 3.63) is 29.0 Å². The second kappa shape index (κ2) is 6.34. The number of rotatable bonds is 5. The van der Waals surface area contributed by atoms with Gasteiger partial charge in [0.2, 0.25) is 0 Å². The van der Waals surface area contributed by atoms with Crippen LogP contribution in [0.3, 0.4) is 0 Å². The molecule has 18 heavy (non-hydrogen) atoms. The smallest absolute Gasteiger partial charge is 0.112 e. The van der Waals surface area contributed by atoms with Gasteiger partial charge in [0.15, 0.2) is 0 Å². The first-order chi connectivity index (χ1) is 8.70. The maximum absolute atomic E-state index is 6.20. The quantitative estimate of drug-likeness (QED) is 0.835. The van der Waals surface area contributed by atoms with Crippen LogP contribution in [0.2, 0.25) is 0 Å². The lowest BCUT2D eigenvalue weighted by Crippen LogP contribution is -2.14. The topological polar surface area (TPSA) is 37.8 Å². The van der Waals surface area contributed by atoms with Crippen LogP contribution in [0.4, 0.5) is 5.69 Å². The van der Waals surface area contributed by atoms with Gasteiger partial charge in [0.25, 0.3) is 0 Å². The number of hydrogen-bond donors (Lipinski definition) is 1. The standard InChI is InChI=1S/C13H15BrClN3/c1-2-3-10(15)8-17-11-4-5-16-12-6-9(14)7-18-13(11)12/h4-7,10H,2-3,8H2,1H3,(H,16,17). The lowest BCUT2D eigenvalue weighted by atomic mass is 10.2. The van der Waals surface area contributed by atoms with Crippen LogP contribution < -0.4 is 5.32 Å². The summed E-state index contributed by atoms with van der Waals surface area (Å²) in [6, 6.07) is 3.89. The predicted octanol–water partition coefficient (Wildman–Crippen LogP) is 4.21. The second-order valence-corrected chi connectivity index (χ2v) is 5.68. The van der Waals surface area contributed by atoms with Gasteiger partial charge in [-0.1, -0.05) is 13.3 Å². The average Bonchev–Trinajstić information content (AvgIpc) is 2.36. The number of hydrogen-bond acceptors (Lipinski definition) is 3. The third-order valence-corrected chi connectivity index (χ3v) is 3.47. The average molecular weight is 329 g/mol. The van der Waals surface area contributed by atoms with Crippen LogP contribution in [0.5, 0.6) is 0 Å². The van der Waals surface area contributed by atoms with E-state index in [2.05, 4.69) is 38.1 Å². The van der Waals surface area contributed by atoms with Gasteiger partial charge in [0.05, 0.1) is 16.6 Å². The molecule has 1 N–H and O–H groups in total. The van der Waals surface area contributed by atoms with Crippen molar-refractivity contribution in [1.29, 1.82) is 0 Å². The molecule has 1 unspecified atom stereocenters. The van der Waals surface area contributed by atoms with Gasteiger partial charge in [-0.05, 0) is 34.5 Å². The molecule has 0 saturated carbocycles. The molecule has 0 bridgehead atoms. The summed E-state index contributed by atoms with van der Waals surface area (Å²) >= 11 is 9.60. The summed E-state index contributed by atoms with van der Waals surface area (Å²) in [4.78, 5) is 8.69. The molecule has 0 aliphatic heterocycles. The molecular weight excluding hydrogens is 314 g/mol. The number of anilines is 1. The Labute approximate surface area is 120 Å². The maximum Gasteiger partial charge on any atom is 0.112 e. The fourth-order valence-corrected chi connectivity index (χ4v) is 2.40. The Morgan fingerprint density at radius 1 is 1.44 bits per heavy atom. The second-order valence-electron chi connectivity index (χ2n) is 4.15. The van der Waals surface area contributed by atoms with Crippen molar-refractivity contribution >= 4 is 44.3 Å². The minimum atomic E-state index is 0.147.